The monoisotopic (exact) mass is 731 g/mol. The van der Waals surface area contributed by atoms with Crippen LogP contribution >= 0.6 is 0 Å². The Morgan fingerprint density at radius 2 is 1.12 bits per heavy atom. The first-order chi connectivity index (χ1) is 24.1. The molecule has 0 aromatic heterocycles. The highest BCUT2D eigenvalue weighted by molar-refractivity contribution is 5.96. The zero-order valence-corrected chi connectivity index (χ0v) is 33.6. The fraction of sp³-hybridized carbons (Fsp3) is 0.692. The number of amides is 5. The number of ether oxygens (including phenoxy) is 2. The van der Waals surface area contributed by atoms with Gasteiger partial charge in [0.1, 0.15) is 35.8 Å². The third kappa shape index (κ3) is 16.5. The summed E-state index contributed by atoms with van der Waals surface area (Å²) < 4.78 is 10.5. The largest absolute Gasteiger partial charge is 0.467 e. The molecular formula is C39H65N5O8. The van der Waals surface area contributed by atoms with E-state index in [1.807, 2.05) is 71.9 Å². The van der Waals surface area contributed by atoms with Gasteiger partial charge in [-0.3, -0.25) is 24.1 Å². The van der Waals surface area contributed by atoms with Crippen molar-refractivity contribution in [3.05, 3.63) is 35.9 Å². The number of carbonyl (C=O) groups excluding carboxylic acids is 6. The lowest BCUT2D eigenvalue weighted by molar-refractivity contribution is -0.145. The van der Waals surface area contributed by atoms with Gasteiger partial charge in [0.2, 0.25) is 23.6 Å². The average molecular weight is 732 g/mol. The van der Waals surface area contributed by atoms with Crippen molar-refractivity contribution in [2.75, 3.05) is 14.2 Å². The fourth-order valence-corrected chi connectivity index (χ4v) is 5.53. The fourth-order valence-electron chi connectivity index (χ4n) is 5.53. The topological polar surface area (TPSA) is 172 Å². The number of rotatable bonds is 19. The van der Waals surface area contributed by atoms with Gasteiger partial charge in [-0.2, -0.15) is 0 Å². The molecule has 294 valence electrons. The highest BCUT2D eigenvalue weighted by atomic mass is 16.6. The number of esters is 1. The van der Waals surface area contributed by atoms with Gasteiger partial charge in [-0.15, -0.1) is 0 Å². The second kappa shape index (κ2) is 21.4. The molecule has 1 rings (SSSR count). The van der Waals surface area contributed by atoms with Gasteiger partial charge in [0, 0.05) is 13.5 Å². The lowest BCUT2D eigenvalue weighted by Gasteiger charge is -2.32. The number of nitrogens with one attached hydrogen (secondary N) is 4. The third-order valence-corrected chi connectivity index (χ3v) is 8.16. The smallest absolute Gasteiger partial charge is 0.410 e. The number of likely N-dealkylation sites (N-methyl/N-ethyl adjacent to an activating group) is 1. The Balaban J connectivity index is 3.26. The van der Waals surface area contributed by atoms with Crippen LogP contribution in [0.25, 0.3) is 0 Å². The molecule has 0 unspecified atom stereocenters. The summed E-state index contributed by atoms with van der Waals surface area (Å²) in [4.78, 5) is 81.8. The first-order valence-corrected chi connectivity index (χ1v) is 18.3. The Morgan fingerprint density at radius 3 is 1.56 bits per heavy atom. The molecule has 0 radical (unpaired) electrons. The second-order valence-corrected chi connectivity index (χ2v) is 16.1. The Morgan fingerprint density at radius 1 is 0.654 bits per heavy atom. The predicted octanol–water partition coefficient (Wildman–Crippen LogP) is 4.37. The number of benzene rings is 1. The molecule has 0 saturated heterocycles. The molecule has 0 spiro atoms. The molecule has 13 nitrogen and oxygen atoms in total. The molecule has 0 fully saturated rings. The van der Waals surface area contributed by atoms with Crippen LogP contribution in [0.2, 0.25) is 0 Å². The van der Waals surface area contributed by atoms with E-state index in [9.17, 15) is 28.8 Å². The van der Waals surface area contributed by atoms with Gasteiger partial charge in [-0.05, 0) is 69.3 Å². The van der Waals surface area contributed by atoms with Gasteiger partial charge >= 0.3 is 12.1 Å². The lowest BCUT2D eigenvalue weighted by Crippen LogP contribution is -2.60. The molecule has 0 aliphatic carbocycles. The van der Waals surface area contributed by atoms with E-state index in [4.69, 9.17) is 9.47 Å². The normalized spacial score (nSPS) is 14.6. The van der Waals surface area contributed by atoms with Crippen molar-refractivity contribution in [3.8, 4) is 0 Å². The van der Waals surface area contributed by atoms with Gasteiger partial charge in [0.15, 0.2) is 0 Å². The Hall–Kier alpha value is -4.16. The minimum atomic E-state index is -1.06. The summed E-state index contributed by atoms with van der Waals surface area (Å²) >= 11 is 0. The molecule has 52 heavy (non-hydrogen) atoms. The van der Waals surface area contributed by atoms with Crippen molar-refractivity contribution >= 4 is 35.7 Å². The molecular weight excluding hydrogens is 666 g/mol. The molecule has 0 heterocycles. The van der Waals surface area contributed by atoms with Crippen LogP contribution in [-0.4, -0.2) is 90.6 Å². The van der Waals surface area contributed by atoms with Crippen LogP contribution in [0.3, 0.4) is 0 Å². The number of hydrogen-bond donors (Lipinski definition) is 4. The molecule has 4 N–H and O–H groups in total. The van der Waals surface area contributed by atoms with E-state index >= 15 is 0 Å². The molecule has 0 bridgehead atoms. The van der Waals surface area contributed by atoms with Crippen molar-refractivity contribution in [3.63, 3.8) is 0 Å². The van der Waals surface area contributed by atoms with Crippen LogP contribution < -0.4 is 21.3 Å². The van der Waals surface area contributed by atoms with Gasteiger partial charge in [0.05, 0.1) is 7.11 Å². The molecule has 5 amide bonds. The summed E-state index contributed by atoms with van der Waals surface area (Å²) in [6.07, 6.45) is 0.400. The summed E-state index contributed by atoms with van der Waals surface area (Å²) in [5.74, 6) is -3.21. The van der Waals surface area contributed by atoms with Crippen LogP contribution in [0.1, 0.15) is 101 Å². The maximum absolute atomic E-state index is 13.9. The summed E-state index contributed by atoms with van der Waals surface area (Å²) in [5.41, 5.74) is 0.0526. The van der Waals surface area contributed by atoms with Gasteiger partial charge in [-0.1, -0.05) is 85.7 Å². The number of methoxy groups -OCH3 is 1. The predicted molar refractivity (Wildman–Crippen MR) is 201 cm³/mol. The van der Waals surface area contributed by atoms with Gasteiger partial charge < -0.3 is 30.7 Å². The van der Waals surface area contributed by atoms with E-state index < -0.39 is 77.4 Å². The highest BCUT2D eigenvalue weighted by Crippen LogP contribution is 2.17. The Bertz CT molecular complexity index is 1330. The van der Waals surface area contributed by atoms with E-state index in [-0.39, 0.29) is 37.0 Å². The van der Waals surface area contributed by atoms with Gasteiger partial charge in [0.25, 0.3) is 0 Å². The minimum absolute atomic E-state index is 0.00271. The van der Waals surface area contributed by atoms with Gasteiger partial charge in [-0.25, -0.2) is 9.59 Å². The van der Waals surface area contributed by atoms with E-state index in [0.717, 1.165) is 5.56 Å². The standard InChI is InChI=1S/C39H65N5O8/c1-23(2)19-28(33(45)42-30(37(49)51-13)22-27-17-15-14-16-18-27)41-36(48)32(26(7)8)43-34(46)29(20-24(3)4)40-35(47)31(21-25(5)6)44(12)38(50)52-39(9,10)11/h14-18,23-26,28-32H,19-22H2,1-13H3,(H,40,47)(H,41,48)(H,42,45)(H,43,46)/t28-,29-,30-,31+,32-/m0/s1. The van der Waals surface area contributed by atoms with Crippen molar-refractivity contribution in [2.24, 2.45) is 23.7 Å². The Labute approximate surface area is 311 Å². The average Bonchev–Trinajstić information content (AvgIpc) is 3.03. The van der Waals surface area contributed by atoms with Crippen LogP contribution in [0, 0.1) is 23.7 Å². The molecule has 0 aliphatic heterocycles. The first kappa shape index (κ1) is 45.9. The second-order valence-electron chi connectivity index (χ2n) is 16.1. The maximum atomic E-state index is 13.9. The molecule has 13 heteroatoms. The molecule has 0 aliphatic rings. The maximum Gasteiger partial charge on any atom is 0.410 e. The van der Waals surface area contributed by atoms with Crippen molar-refractivity contribution in [1.82, 2.24) is 26.2 Å². The number of hydrogen-bond acceptors (Lipinski definition) is 8. The summed E-state index contributed by atoms with van der Waals surface area (Å²) in [6.45, 7) is 20.2. The van der Waals surface area contributed by atoms with Crippen LogP contribution in [-0.2, 0) is 39.9 Å². The number of nitrogens with zero attached hydrogens (tertiary/aromatic N) is 1. The van der Waals surface area contributed by atoms with E-state index in [1.54, 1.807) is 34.6 Å². The van der Waals surface area contributed by atoms with Crippen molar-refractivity contribution in [2.45, 2.75) is 138 Å². The van der Waals surface area contributed by atoms with E-state index in [0.29, 0.717) is 6.42 Å². The van der Waals surface area contributed by atoms with Crippen LogP contribution in [0.4, 0.5) is 4.79 Å². The zero-order valence-electron chi connectivity index (χ0n) is 33.6. The van der Waals surface area contributed by atoms with Crippen LogP contribution in [0.15, 0.2) is 30.3 Å². The summed E-state index contributed by atoms with van der Waals surface area (Å²) in [5, 5.41) is 11.2. The molecule has 1 aromatic rings. The number of carbonyl (C=O) groups is 6. The lowest BCUT2D eigenvalue weighted by atomic mass is 9.97. The summed E-state index contributed by atoms with van der Waals surface area (Å²) in [6, 6.07) is 4.20. The molecule has 1 aromatic carbocycles. The molecule has 0 saturated carbocycles. The van der Waals surface area contributed by atoms with Crippen molar-refractivity contribution < 1.29 is 38.2 Å². The first-order valence-electron chi connectivity index (χ1n) is 18.3. The minimum Gasteiger partial charge on any atom is -0.467 e. The molecule has 5 atom stereocenters. The van der Waals surface area contributed by atoms with E-state index in [2.05, 4.69) is 21.3 Å². The third-order valence-electron chi connectivity index (χ3n) is 8.16. The van der Waals surface area contributed by atoms with E-state index in [1.165, 1.54) is 19.1 Å². The quantitative estimate of drug-likeness (QED) is 0.152. The summed E-state index contributed by atoms with van der Waals surface area (Å²) in [7, 11) is 2.74. The Kier molecular flexibility index (Phi) is 18.9. The highest BCUT2D eigenvalue weighted by Gasteiger charge is 2.36. The zero-order chi connectivity index (χ0) is 39.9. The SMILES string of the molecule is COC(=O)[C@H](Cc1ccccc1)NC(=O)[C@H](CC(C)C)NC(=O)[C@@H](NC(=O)[C@H](CC(C)C)NC(=O)[C@@H](CC(C)C)N(C)C(=O)OC(C)(C)C)C(C)C. The van der Waals surface area contributed by atoms with Crippen molar-refractivity contribution in [1.29, 1.82) is 0 Å². The van der Waals surface area contributed by atoms with Crippen LogP contribution in [0.5, 0.6) is 0 Å².